The highest BCUT2D eigenvalue weighted by Gasteiger charge is 2.31. The van der Waals surface area contributed by atoms with Crippen molar-refractivity contribution in [2.75, 3.05) is 13.1 Å². The fourth-order valence-corrected chi connectivity index (χ4v) is 3.40. The summed E-state index contributed by atoms with van der Waals surface area (Å²) in [6.07, 6.45) is 0.770. The molecule has 0 bridgehead atoms. The van der Waals surface area contributed by atoms with Gasteiger partial charge in [-0.25, -0.2) is 0 Å². The van der Waals surface area contributed by atoms with Crippen LogP contribution in [0.5, 0.6) is 0 Å². The fraction of sp³-hybridized carbons (Fsp3) is 0.818. The van der Waals surface area contributed by atoms with E-state index in [0.717, 1.165) is 12.8 Å². The smallest absolute Gasteiger partial charge is 0.321 e. The second kappa shape index (κ2) is 7.00. The molecule has 0 aromatic carbocycles. The molecule has 3 N–H and O–H groups in total. The van der Waals surface area contributed by atoms with Gasteiger partial charge < -0.3 is 10.2 Å². The van der Waals surface area contributed by atoms with Gasteiger partial charge in [0.25, 0.3) is 10.2 Å². The maximum absolute atomic E-state index is 12.1. The Hall–Kier alpha value is -1.19. The van der Waals surface area contributed by atoms with Crippen LogP contribution in [0.3, 0.4) is 0 Å². The third kappa shape index (κ3) is 5.06. The number of rotatable bonds is 7. The lowest BCUT2D eigenvalue weighted by Crippen LogP contribution is -2.50. The summed E-state index contributed by atoms with van der Waals surface area (Å²) in [5, 5.41) is 17.5. The van der Waals surface area contributed by atoms with Crippen LogP contribution in [0.15, 0.2) is 0 Å². The van der Waals surface area contributed by atoms with Crippen LogP contribution in [0.2, 0.25) is 0 Å². The van der Waals surface area contributed by atoms with E-state index in [2.05, 4.69) is 4.72 Å². The Labute approximate surface area is 118 Å². The molecule has 8 nitrogen and oxygen atoms in total. The van der Waals surface area contributed by atoms with Crippen molar-refractivity contribution >= 4 is 22.1 Å². The standard InChI is InChI=1S/C11H20N2O6S/c1-8-4-6-13(7-5-8)20(18,19)12-9(11(16)17)2-3-10(14)15/h8-9,12H,2-7H2,1H3,(H,14,15)(H,16,17)/t9-/m0/s1. The number of hydrogen-bond acceptors (Lipinski definition) is 4. The number of carboxylic acid groups (broad SMARTS) is 2. The maximum atomic E-state index is 12.1. The van der Waals surface area contributed by atoms with Crippen molar-refractivity contribution < 1.29 is 28.2 Å². The van der Waals surface area contributed by atoms with Crippen molar-refractivity contribution in [1.82, 2.24) is 9.03 Å². The third-order valence-corrected chi connectivity index (χ3v) is 4.95. The van der Waals surface area contributed by atoms with Gasteiger partial charge in [0.15, 0.2) is 0 Å². The molecule has 0 aromatic heterocycles. The first-order chi connectivity index (χ1) is 9.22. The Morgan fingerprint density at radius 1 is 1.30 bits per heavy atom. The summed E-state index contributed by atoms with van der Waals surface area (Å²) in [7, 11) is -3.89. The average Bonchev–Trinajstić information content (AvgIpc) is 2.34. The number of aliphatic carboxylic acids is 2. The average molecular weight is 308 g/mol. The molecular formula is C11H20N2O6S. The Morgan fingerprint density at radius 2 is 1.85 bits per heavy atom. The van der Waals surface area contributed by atoms with E-state index in [1.165, 1.54) is 4.31 Å². The Kier molecular flexibility index (Phi) is 5.90. The van der Waals surface area contributed by atoms with Crippen LogP contribution in [0.4, 0.5) is 0 Å². The van der Waals surface area contributed by atoms with Gasteiger partial charge in [0.1, 0.15) is 6.04 Å². The molecule has 0 radical (unpaired) electrons. The first-order valence-electron chi connectivity index (χ1n) is 6.44. The highest BCUT2D eigenvalue weighted by Crippen LogP contribution is 2.18. The summed E-state index contributed by atoms with van der Waals surface area (Å²) in [4.78, 5) is 21.4. The zero-order valence-electron chi connectivity index (χ0n) is 11.3. The van der Waals surface area contributed by atoms with Crippen molar-refractivity contribution in [2.24, 2.45) is 5.92 Å². The van der Waals surface area contributed by atoms with Crippen molar-refractivity contribution in [2.45, 2.75) is 38.6 Å². The topological polar surface area (TPSA) is 124 Å². The molecular weight excluding hydrogens is 288 g/mol. The predicted molar refractivity (Wildman–Crippen MR) is 70.3 cm³/mol. The lowest BCUT2D eigenvalue weighted by Gasteiger charge is -2.30. The lowest BCUT2D eigenvalue weighted by atomic mass is 10.0. The first-order valence-corrected chi connectivity index (χ1v) is 7.88. The molecule has 0 aliphatic carbocycles. The predicted octanol–water partition coefficient (Wildman–Crippen LogP) is -0.129. The van der Waals surface area contributed by atoms with E-state index < -0.39 is 34.6 Å². The fourth-order valence-electron chi connectivity index (χ4n) is 1.98. The summed E-state index contributed by atoms with van der Waals surface area (Å²) < 4.78 is 27.4. The Morgan fingerprint density at radius 3 is 2.30 bits per heavy atom. The normalized spacial score (nSPS) is 19.6. The number of hydrogen-bond donors (Lipinski definition) is 3. The monoisotopic (exact) mass is 308 g/mol. The molecule has 116 valence electrons. The molecule has 1 aliphatic rings. The van der Waals surface area contributed by atoms with Gasteiger partial charge in [-0.05, 0) is 25.2 Å². The van der Waals surface area contributed by atoms with Crippen molar-refractivity contribution in [3.63, 3.8) is 0 Å². The molecule has 0 saturated carbocycles. The van der Waals surface area contributed by atoms with Gasteiger partial charge >= 0.3 is 11.9 Å². The molecule has 0 amide bonds. The van der Waals surface area contributed by atoms with Crippen molar-refractivity contribution in [3.8, 4) is 0 Å². The van der Waals surface area contributed by atoms with E-state index >= 15 is 0 Å². The molecule has 20 heavy (non-hydrogen) atoms. The molecule has 0 unspecified atom stereocenters. The quantitative estimate of drug-likeness (QED) is 0.602. The van der Waals surface area contributed by atoms with Crippen LogP contribution in [-0.2, 0) is 19.8 Å². The summed E-state index contributed by atoms with van der Waals surface area (Å²) in [6.45, 7) is 2.73. The van der Waals surface area contributed by atoms with E-state index in [1.54, 1.807) is 0 Å². The third-order valence-electron chi connectivity index (χ3n) is 3.32. The molecule has 1 heterocycles. The molecule has 0 spiro atoms. The summed E-state index contributed by atoms with van der Waals surface area (Å²) in [5.41, 5.74) is 0. The Balaban J connectivity index is 2.66. The van der Waals surface area contributed by atoms with Crippen LogP contribution < -0.4 is 4.72 Å². The zero-order valence-corrected chi connectivity index (χ0v) is 12.1. The van der Waals surface area contributed by atoms with Gasteiger partial charge in [-0.1, -0.05) is 6.92 Å². The van der Waals surface area contributed by atoms with Crippen LogP contribution in [-0.4, -0.2) is 54.0 Å². The van der Waals surface area contributed by atoms with E-state index in [9.17, 15) is 18.0 Å². The van der Waals surface area contributed by atoms with E-state index in [-0.39, 0.29) is 6.42 Å². The molecule has 0 aromatic rings. The number of carbonyl (C=O) groups is 2. The largest absolute Gasteiger partial charge is 0.481 e. The summed E-state index contributed by atoms with van der Waals surface area (Å²) >= 11 is 0. The highest BCUT2D eigenvalue weighted by molar-refractivity contribution is 7.87. The Bertz CT molecular complexity index is 456. The van der Waals surface area contributed by atoms with Crippen LogP contribution in [0.1, 0.15) is 32.6 Å². The highest BCUT2D eigenvalue weighted by atomic mass is 32.2. The van der Waals surface area contributed by atoms with Gasteiger partial charge in [0, 0.05) is 19.5 Å². The first kappa shape index (κ1) is 16.9. The van der Waals surface area contributed by atoms with Gasteiger partial charge in [-0.15, -0.1) is 0 Å². The minimum absolute atomic E-state index is 0.284. The van der Waals surface area contributed by atoms with Crippen LogP contribution >= 0.6 is 0 Å². The number of nitrogens with zero attached hydrogens (tertiary/aromatic N) is 1. The molecule has 9 heteroatoms. The minimum Gasteiger partial charge on any atom is -0.481 e. The van der Waals surface area contributed by atoms with Gasteiger partial charge in [0.2, 0.25) is 0 Å². The minimum atomic E-state index is -3.89. The van der Waals surface area contributed by atoms with Crippen LogP contribution in [0.25, 0.3) is 0 Å². The van der Waals surface area contributed by atoms with Crippen LogP contribution in [0, 0.1) is 5.92 Å². The van der Waals surface area contributed by atoms with E-state index in [0.29, 0.717) is 19.0 Å². The van der Waals surface area contributed by atoms with Gasteiger partial charge in [-0.2, -0.15) is 17.4 Å². The summed E-state index contributed by atoms with van der Waals surface area (Å²) in [6, 6.07) is -1.42. The number of carboxylic acids is 2. The molecule has 1 fully saturated rings. The van der Waals surface area contributed by atoms with E-state index in [1.807, 2.05) is 6.92 Å². The second-order valence-electron chi connectivity index (χ2n) is 5.03. The molecule has 1 saturated heterocycles. The zero-order chi connectivity index (χ0) is 15.3. The number of nitrogens with one attached hydrogen (secondary N) is 1. The maximum Gasteiger partial charge on any atom is 0.321 e. The van der Waals surface area contributed by atoms with Crippen molar-refractivity contribution in [1.29, 1.82) is 0 Å². The van der Waals surface area contributed by atoms with Crippen molar-refractivity contribution in [3.05, 3.63) is 0 Å². The van der Waals surface area contributed by atoms with Gasteiger partial charge in [0.05, 0.1) is 0 Å². The number of piperidine rings is 1. The summed E-state index contributed by atoms with van der Waals surface area (Å²) in [5.74, 6) is -2.09. The SMILES string of the molecule is CC1CCN(S(=O)(=O)N[C@@H](CCC(=O)O)C(=O)O)CC1. The molecule has 1 aliphatic heterocycles. The molecule has 1 atom stereocenters. The van der Waals surface area contributed by atoms with E-state index in [4.69, 9.17) is 10.2 Å². The lowest BCUT2D eigenvalue weighted by molar-refractivity contribution is -0.140. The molecule has 1 rings (SSSR count). The van der Waals surface area contributed by atoms with Gasteiger partial charge in [-0.3, -0.25) is 9.59 Å². The second-order valence-corrected chi connectivity index (χ2v) is 6.73.